The van der Waals surface area contributed by atoms with Crippen LogP contribution in [0.4, 0.5) is 13.2 Å². The van der Waals surface area contributed by atoms with Crippen LogP contribution in [0.15, 0.2) is 29.3 Å². The van der Waals surface area contributed by atoms with Gasteiger partial charge in [-0.25, -0.2) is 0 Å². The molecule has 0 aliphatic carbocycles. The van der Waals surface area contributed by atoms with E-state index in [1.54, 1.807) is 0 Å². The SMILES string of the molecule is CN(C)C(=NCCc1ccc(C(F)(F)F)cc1)N(C)C. The Morgan fingerprint density at radius 2 is 1.50 bits per heavy atom. The molecule has 0 radical (unpaired) electrons. The average molecular weight is 287 g/mol. The topological polar surface area (TPSA) is 18.8 Å². The predicted octanol–water partition coefficient (Wildman–Crippen LogP) is 2.73. The average Bonchev–Trinajstić information content (AvgIpc) is 2.33. The molecule has 0 saturated heterocycles. The molecule has 0 aromatic heterocycles. The minimum absolute atomic E-state index is 0.539. The van der Waals surface area contributed by atoms with Crippen LogP contribution in [0.5, 0.6) is 0 Å². The molecule has 1 aromatic carbocycles. The Labute approximate surface area is 117 Å². The lowest BCUT2D eigenvalue weighted by molar-refractivity contribution is -0.137. The van der Waals surface area contributed by atoms with Crippen LogP contribution in [0.25, 0.3) is 0 Å². The van der Waals surface area contributed by atoms with Gasteiger partial charge >= 0.3 is 6.18 Å². The Balaban J connectivity index is 2.65. The number of halogens is 3. The standard InChI is InChI=1S/C14H20F3N3/c1-19(2)13(20(3)4)18-10-9-11-5-7-12(8-6-11)14(15,16)17/h5-8H,9-10H2,1-4H3. The molecule has 0 atom stereocenters. The maximum absolute atomic E-state index is 12.4. The van der Waals surface area contributed by atoms with Crippen LogP contribution in [0.1, 0.15) is 11.1 Å². The van der Waals surface area contributed by atoms with Crippen molar-refractivity contribution < 1.29 is 13.2 Å². The minimum Gasteiger partial charge on any atom is -0.349 e. The van der Waals surface area contributed by atoms with E-state index in [4.69, 9.17) is 0 Å². The van der Waals surface area contributed by atoms with Crippen molar-refractivity contribution in [2.24, 2.45) is 4.99 Å². The zero-order chi connectivity index (χ0) is 15.3. The van der Waals surface area contributed by atoms with E-state index >= 15 is 0 Å². The molecule has 20 heavy (non-hydrogen) atoms. The van der Waals surface area contributed by atoms with E-state index in [2.05, 4.69) is 4.99 Å². The molecule has 0 aliphatic rings. The second-order valence-corrected chi connectivity index (χ2v) is 4.92. The summed E-state index contributed by atoms with van der Waals surface area (Å²) in [5.74, 6) is 0.830. The summed E-state index contributed by atoms with van der Waals surface area (Å²) >= 11 is 0. The number of rotatable bonds is 3. The molecule has 0 unspecified atom stereocenters. The smallest absolute Gasteiger partial charge is 0.349 e. The van der Waals surface area contributed by atoms with Gasteiger partial charge < -0.3 is 9.80 Å². The van der Waals surface area contributed by atoms with Crippen LogP contribution < -0.4 is 0 Å². The van der Waals surface area contributed by atoms with Gasteiger partial charge in [0.05, 0.1) is 5.56 Å². The van der Waals surface area contributed by atoms with Crippen molar-refractivity contribution in [2.75, 3.05) is 34.7 Å². The zero-order valence-electron chi connectivity index (χ0n) is 12.2. The molecule has 0 bridgehead atoms. The summed E-state index contributed by atoms with van der Waals surface area (Å²) in [6.07, 6.45) is -3.66. The molecule has 0 saturated carbocycles. The maximum atomic E-state index is 12.4. The van der Waals surface area contributed by atoms with Crippen LogP contribution in [0, 0.1) is 0 Å². The summed E-state index contributed by atoms with van der Waals surface area (Å²) < 4.78 is 37.3. The van der Waals surface area contributed by atoms with Crippen LogP contribution in [0.2, 0.25) is 0 Å². The largest absolute Gasteiger partial charge is 0.416 e. The zero-order valence-corrected chi connectivity index (χ0v) is 12.2. The molecule has 0 amide bonds. The highest BCUT2D eigenvalue weighted by molar-refractivity contribution is 5.79. The number of benzene rings is 1. The van der Waals surface area contributed by atoms with Crippen molar-refractivity contribution in [1.29, 1.82) is 0 Å². The Bertz CT molecular complexity index is 438. The number of hydrogen-bond donors (Lipinski definition) is 0. The molecule has 0 aliphatic heterocycles. The maximum Gasteiger partial charge on any atom is 0.416 e. The highest BCUT2D eigenvalue weighted by Gasteiger charge is 2.29. The number of aliphatic imine (C=N–C) groups is 1. The normalized spacial score (nSPS) is 11.2. The molecular weight excluding hydrogens is 267 g/mol. The van der Waals surface area contributed by atoms with Gasteiger partial charge in [-0.15, -0.1) is 0 Å². The number of alkyl halides is 3. The molecule has 0 fully saturated rings. The van der Waals surface area contributed by atoms with E-state index in [0.717, 1.165) is 23.7 Å². The first-order chi connectivity index (χ1) is 9.21. The lowest BCUT2D eigenvalue weighted by atomic mass is 10.1. The predicted molar refractivity (Wildman–Crippen MR) is 74.8 cm³/mol. The van der Waals surface area contributed by atoms with Crippen molar-refractivity contribution in [3.63, 3.8) is 0 Å². The quantitative estimate of drug-likeness (QED) is 0.629. The summed E-state index contributed by atoms with van der Waals surface area (Å²) in [4.78, 5) is 8.23. The lowest BCUT2D eigenvalue weighted by Crippen LogP contribution is -2.35. The van der Waals surface area contributed by atoms with E-state index in [1.165, 1.54) is 12.1 Å². The van der Waals surface area contributed by atoms with Gasteiger partial charge in [-0.05, 0) is 24.1 Å². The summed E-state index contributed by atoms with van der Waals surface area (Å²) in [6.45, 7) is 0.539. The Morgan fingerprint density at radius 3 is 1.90 bits per heavy atom. The summed E-state index contributed by atoms with van der Waals surface area (Å²) in [5, 5.41) is 0. The third kappa shape index (κ3) is 4.75. The van der Waals surface area contributed by atoms with Crippen LogP contribution in [-0.4, -0.2) is 50.5 Å². The van der Waals surface area contributed by atoms with Crippen molar-refractivity contribution in [3.05, 3.63) is 35.4 Å². The molecule has 112 valence electrons. The lowest BCUT2D eigenvalue weighted by Gasteiger charge is -2.22. The summed E-state index contributed by atoms with van der Waals surface area (Å²) in [7, 11) is 7.60. The van der Waals surface area contributed by atoms with E-state index in [-0.39, 0.29) is 0 Å². The second kappa shape index (κ2) is 6.63. The summed E-state index contributed by atoms with van der Waals surface area (Å²) in [6, 6.07) is 5.22. The fraction of sp³-hybridized carbons (Fsp3) is 0.500. The number of nitrogens with zero attached hydrogens (tertiary/aromatic N) is 3. The van der Waals surface area contributed by atoms with Gasteiger partial charge in [-0.3, -0.25) is 4.99 Å². The van der Waals surface area contributed by atoms with E-state index in [1.807, 2.05) is 38.0 Å². The fourth-order valence-electron chi connectivity index (χ4n) is 1.83. The Hall–Kier alpha value is -1.72. The van der Waals surface area contributed by atoms with Gasteiger partial charge in [0.1, 0.15) is 0 Å². The van der Waals surface area contributed by atoms with Crippen molar-refractivity contribution in [2.45, 2.75) is 12.6 Å². The first kappa shape index (κ1) is 16.3. The Kier molecular flexibility index (Phi) is 5.42. The van der Waals surface area contributed by atoms with Crippen molar-refractivity contribution in [1.82, 2.24) is 9.80 Å². The van der Waals surface area contributed by atoms with Crippen molar-refractivity contribution >= 4 is 5.96 Å². The first-order valence-electron chi connectivity index (χ1n) is 6.27. The third-order valence-corrected chi connectivity index (χ3v) is 2.73. The van der Waals surface area contributed by atoms with Gasteiger partial charge in [-0.2, -0.15) is 13.2 Å². The summed E-state index contributed by atoms with van der Waals surface area (Å²) in [5.41, 5.74) is 0.227. The molecule has 0 spiro atoms. The number of hydrogen-bond acceptors (Lipinski definition) is 1. The van der Waals surface area contributed by atoms with E-state index < -0.39 is 11.7 Å². The molecule has 1 rings (SSSR count). The Morgan fingerprint density at radius 1 is 1.00 bits per heavy atom. The van der Waals surface area contributed by atoms with Gasteiger partial charge in [0.2, 0.25) is 0 Å². The third-order valence-electron chi connectivity index (χ3n) is 2.73. The fourth-order valence-corrected chi connectivity index (χ4v) is 1.83. The first-order valence-corrected chi connectivity index (χ1v) is 6.27. The van der Waals surface area contributed by atoms with Gasteiger partial charge in [0.25, 0.3) is 0 Å². The highest BCUT2D eigenvalue weighted by atomic mass is 19.4. The molecule has 3 nitrogen and oxygen atoms in total. The molecule has 0 heterocycles. The minimum atomic E-state index is -4.28. The van der Waals surface area contributed by atoms with Gasteiger partial charge in [0.15, 0.2) is 5.96 Å². The molecular formula is C14H20F3N3. The number of guanidine groups is 1. The van der Waals surface area contributed by atoms with E-state index in [9.17, 15) is 13.2 Å². The monoisotopic (exact) mass is 287 g/mol. The molecule has 0 N–H and O–H groups in total. The van der Waals surface area contributed by atoms with Gasteiger partial charge in [-0.1, -0.05) is 12.1 Å². The van der Waals surface area contributed by atoms with Crippen molar-refractivity contribution in [3.8, 4) is 0 Å². The van der Waals surface area contributed by atoms with Crippen LogP contribution >= 0.6 is 0 Å². The molecule has 1 aromatic rings. The van der Waals surface area contributed by atoms with Crippen LogP contribution in [0.3, 0.4) is 0 Å². The highest BCUT2D eigenvalue weighted by Crippen LogP contribution is 2.29. The molecule has 6 heteroatoms. The van der Waals surface area contributed by atoms with Gasteiger partial charge in [0, 0.05) is 34.7 Å². The van der Waals surface area contributed by atoms with E-state index in [0.29, 0.717) is 13.0 Å². The second-order valence-electron chi connectivity index (χ2n) is 4.92. The van der Waals surface area contributed by atoms with Crippen LogP contribution in [-0.2, 0) is 12.6 Å².